The molecule has 2 aromatic rings. The van der Waals surface area contributed by atoms with E-state index in [1.807, 2.05) is 6.07 Å². The molecule has 2 N–H and O–H groups in total. The Morgan fingerprint density at radius 1 is 1.29 bits per heavy atom. The van der Waals surface area contributed by atoms with Crippen LogP contribution in [0.5, 0.6) is 0 Å². The standard InChI is InChI=1S/C27H31F2N3O2/c1-27-12-11-20-19-10-8-18(28)14-16(19)7-9-21(20)25(27)17(15-23(27)32-34)4-2-6-24(33)31-26-22(29)5-3-13-30-26/h3,5,8,10,13-14,17,20-21,25,34H,2,4,6-7,9,11-12,15H2,1H3,(H,30,31,33)/b32-23-/t17-,20?,21?,25?,27-/m1/s1. The average Bonchev–Trinajstić information content (AvgIpc) is 3.11. The highest BCUT2D eigenvalue weighted by Crippen LogP contribution is 2.62. The molecule has 0 radical (unpaired) electrons. The number of hydrogen-bond donors (Lipinski definition) is 2. The highest BCUT2D eigenvalue weighted by atomic mass is 19.1. The van der Waals surface area contributed by atoms with Crippen molar-refractivity contribution in [2.75, 3.05) is 5.32 Å². The maximum Gasteiger partial charge on any atom is 0.225 e. The number of carbonyl (C=O) groups is 1. The number of amides is 1. The molecule has 3 aliphatic rings. The fourth-order valence-electron chi connectivity index (χ4n) is 7.25. The van der Waals surface area contributed by atoms with Crippen molar-refractivity contribution in [3.05, 3.63) is 59.3 Å². The van der Waals surface area contributed by atoms with Crippen LogP contribution in [-0.4, -0.2) is 21.8 Å². The number of aromatic nitrogens is 1. The predicted molar refractivity (Wildman–Crippen MR) is 126 cm³/mol. The Morgan fingerprint density at radius 2 is 2.15 bits per heavy atom. The van der Waals surface area contributed by atoms with E-state index in [1.54, 1.807) is 12.1 Å². The Morgan fingerprint density at radius 3 is 2.94 bits per heavy atom. The molecule has 5 atom stereocenters. The van der Waals surface area contributed by atoms with Gasteiger partial charge in [0.2, 0.25) is 5.91 Å². The van der Waals surface area contributed by atoms with E-state index >= 15 is 0 Å². The molecule has 3 unspecified atom stereocenters. The molecular weight excluding hydrogens is 436 g/mol. The summed E-state index contributed by atoms with van der Waals surface area (Å²) in [6.45, 7) is 2.24. The number of oxime groups is 1. The van der Waals surface area contributed by atoms with Gasteiger partial charge in [-0.25, -0.2) is 13.8 Å². The van der Waals surface area contributed by atoms with Crippen molar-refractivity contribution in [3.63, 3.8) is 0 Å². The van der Waals surface area contributed by atoms with E-state index in [-0.39, 0.29) is 29.4 Å². The summed E-state index contributed by atoms with van der Waals surface area (Å²) >= 11 is 0. The lowest BCUT2D eigenvalue weighted by Crippen LogP contribution is -2.44. The third-order valence-electron chi connectivity index (χ3n) is 8.68. The van der Waals surface area contributed by atoms with Crippen LogP contribution in [-0.2, 0) is 11.2 Å². The zero-order valence-corrected chi connectivity index (χ0v) is 19.4. The lowest BCUT2D eigenvalue weighted by molar-refractivity contribution is -0.116. The van der Waals surface area contributed by atoms with Crippen molar-refractivity contribution in [3.8, 4) is 0 Å². The van der Waals surface area contributed by atoms with Crippen LogP contribution < -0.4 is 5.32 Å². The van der Waals surface area contributed by atoms with Gasteiger partial charge in [0, 0.05) is 18.0 Å². The number of nitrogens with one attached hydrogen (secondary N) is 1. The molecule has 2 fully saturated rings. The van der Waals surface area contributed by atoms with Gasteiger partial charge in [-0.15, -0.1) is 0 Å². The number of benzene rings is 1. The molecule has 0 aliphatic heterocycles. The number of pyridine rings is 1. The topological polar surface area (TPSA) is 74.6 Å². The van der Waals surface area contributed by atoms with Gasteiger partial charge in [-0.05, 0) is 104 Å². The van der Waals surface area contributed by atoms with Crippen LogP contribution in [0.4, 0.5) is 14.6 Å². The monoisotopic (exact) mass is 467 g/mol. The van der Waals surface area contributed by atoms with Crippen molar-refractivity contribution in [1.29, 1.82) is 0 Å². The molecular formula is C27H31F2N3O2. The van der Waals surface area contributed by atoms with E-state index in [9.17, 15) is 18.8 Å². The molecule has 0 spiro atoms. The van der Waals surface area contributed by atoms with Crippen LogP contribution in [0.3, 0.4) is 0 Å². The van der Waals surface area contributed by atoms with E-state index in [2.05, 4.69) is 22.4 Å². The lowest BCUT2D eigenvalue weighted by atomic mass is 9.54. The first kappa shape index (κ1) is 22.9. The van der Waals surface area contributed by atoms with Crippen LogP contribution in [0.15, 0.2) is 41.7 Å². The highest BCUT2D eigenvalue weighted by molar-refractivity contribution is 5.92. The van der Waals surface area contributed by atoms with Crippen molar-refractivity contribution in [2.24, 2.45) is 28.3 Å². The third-order valence-corrected chi connectivity index (χ3v) is 8.68. The first-order chi connectivity index (χ1) is 16.4. The molecule has 7 heteroatoms. The highest BCUT2D eigenvalue weighted by Gasteiger charge is 2.57. The summed E-state index contributed by atoms with van der Waals surface area (Å²) in [5.41, 5.74) is 3.15. The van der Waals surface area contributed by atoms with Crippen molar-refractivity contribution < 1.29 is 18.8 Å². The minimum atomic E-state index is -0.545. The van der Waals surface area contributed by atoms with Gasteiger partial charge in [-0.2, -0.15) is 0 Å². The van der Waals surface area contributed by atoms with E-state index in [0.717, 1.165) is 49.8 Å². The van der Waals surface area contributed by atoms with Gasteiger partial charge < -0.3 is 10.5 Å². The van der Waals surface area contributed by atoms with E-state index < -0.39 is 5.82 Å². The summed E-state index contributed by atoms with van der Waals surface area (Å²) < 4.78 is 27.6. The summed E-state index contributed by atoms with van der Waals surface area (Å²) in [5.74, 6) is 0.548. The molecule has 5 rings (SSSR count). The minimum absolute atomic E-state index is 0.0388. The van der Waals surface area contributed by atoms with Crippen LogP contribution in [0.1, 0.15) is 68.9 Å². The Hall–Kier alpha value is -2.83. The van der Waals surface area contributed by atoms with Crippen LogP contribution >= 0.6 is 0 Å². The van der Waals surface area contributed by atoms with Crippen LogP contribution in [0, 0.1) is 34.8 Å². The molecule has 1 amide bonds. The smallest absolute Gasteiger partial charge is 0.225 e. The molecule has 3 aliphatic carbocycles. The first-order valence-electron chi connectivity index (χ1n) is 12.3. The van der Waals surface area contributed by atoms with Crippen molar-refractivity contribution in [1.82, 2.24) is 4.98 Å². The number of rotatable bonds is 5. The Balaban J connectivity index is 1.30. The van der Waals surface area contributed by atoms with E-state index in [0.29, 0.717) is 30.1 Å². The van der Waals surface area contributed by atoms with E-state index in [4.69, 9.17) is 0 Å². The minimum Gasteiger partial charge on any atom is -0.411 e. The number of halogens is 2. The fourth-order valence-corrected chi connectivity index (χ4v) is 7.25. The van der Waals surface area contributed by atoms with Gasteiger partial charge in [-0.1, -0.05) is 18.1 Å². The van der Waals surface area contributed by atoms with Gasteiger partial charge in [-0.3, -0.25) is 4.79 Å². The zero-order chi connectivity index (χ0) is 23.9. The second-order valence-electron chi connectivity index (χ2n) is 10.4. The number of aryl methyl sites for hydroxylation is 1. The van der Waals surface area contributed by atoms with Gasteiger partial charge in [0.15, 0.2) is 11.6 Å². The van der Waals surface area contributed by atoms with Crippen LogP contribution in [0.25, 0.3) is 0 Å². The summed E-state index contributed by atoms with van der Waals surface area (Å²) in [6, 6.07) is 7.99. The summed E-state index contributed by atoms with van der Waals surface area (Å²) in [6.07, 6.45) is 7.85. The molecule has 0 saturated heterocycles. The fraction of sp³-hybridized carbons (Fsp3) is 0.519. The van der Waals surface area contributed by atoms with Crippen molar-refractivity contribution >= 4 is 17.4 Å². The molecule has 1 heterocycles. The number of carbonyl (C=O) groups excluding carboxylic acids is 1. The number of fused-ring (bicyclic) bond motifs is 5. The second-order valence-corrected chi connectivity index (χ2v) is 10.4. The summed E-state index contributed by atoms with van der Waals surface area (Å²) in [5, 5.41) is 16.1. The summed E-state index contributed by atoms with van der Waals surface area (Å²) in [7, 11) is 0. The molecule has 0 bridgehead atoms. The normalized spacial score (nSPS) is 31.0. The summed E-state index contributed by atoms with van der Waals surface area (Å²) in [4.78, 5) is 16.3. The van der Waals surface area contributed by atoms with Gasteiger partial charge >= 0.3 is 0 Å². The number of nitrogens with zero attached hydrogens (tertiary/aromatic N) is 2. The van der Waals surface area contributed by atoms with Gasteiger partial charge in [0.1, 0.15) is 5.82 Å². The molecule has 5 nitrogen and oxygen atoms in total. The lowest BCUT2D eigenvalue weighted by Gasteiger charge is -2.50. The van der Waals surface area contributed by atoms with Crippen molar-refractivity contribution in [2.45, 2.75) is 64.2 Å². The zero-order valence-electron chi connectivity index (χ0n) is 19.4. The van der Waals surface area contributed by atoms with Gasteiger partial charge in [0.25, 0.3) is 0 Å². The quantitative estimate of drug-likeness (QED) is 0.413. The second kappa shape index (κ2) is 9.08. The maximum atomic E-state index is 13.8. The molecule has 180 valence electrons. The van der Waals surface area contributed by atoms with Crippen LogP contribution in [0.2, 0.25) is 0 Å². The maximum absolute atomic E-state index is 13.8. The average molecular weight is 468 g/mol. The Kier molecular flexibility index (Phi) is 6.13. The predicted octanol–water partition coefficient (Wildman–Crippen LogP) is 6.08. The molecule has 34 heavy (non-hydrogen) atoms. The SMILES string of the molecule is C[C@]12CCC3c4ccc(F)cc4CCC3C1[C@H](CCCC(=O)Nc1ncccc1F)C/C2=N/O. The third kappa shape index (κ3) is 3.99. The Bertz CT molecular complexity index is 1120. The number of anilines is 1. The van der Waals surface area contributed by atoms with Gasteiger partial charge in [0.05, 0.1) is 5.71 Å². The molecule has 1 aromatic heterocycles. The molecule has 1 aromatic carbocycles. The first-order valence-corrected chi connectivity index (χ1v) is 12.3. The number of hydrogen-bond acceptors (Lipinski definition) is 4. The Labute approximate surface area is 198 Å². The molecule has 2 saturated carbocycles. The largest absolute Gasteiger partial charge is 0.411 e. The van der Waals surface area contributed by atoms with E-state index in [1.165, 1.54) is 23.9 Å².